The second kappa shape index (κ2) is 5.27. The van der Waals surface area contributed by atoms with Crippen LogP contribution < -0.4 is 5.73 Å². The van der Waals surface area contributed by atoms with Crippen LogP contribution in [0.3, 0.4) is 0 Å². The van der Waals surface area contributed by atoms with Crippen LogP contribution in [-0.2, 0) is 10.0 Å². The second-order valence-electron chi connectivity index (χ2n) is 3.74. The van der Waals surface area contributed by atoms with Gasteiger partial charge in [0.25, 0.3) is 0 Å². The lowest BCUT2D eigenvalue weighted by molar-refractivity contribution is 0.394. The molecule has 6 heteroatoms. The lowest BCUT2D eigenvalue weighted by Crippen LogP contribution is -2.39. The number of hydrogen-bond donors (Lipinski definition) is 1. The van der Waals surface area contributed by atoms with Crippen LogP contribution in [0, 0.1) is 11.3 Å². The molecule has 0 amide bonds. The van der Waals surface area contributed by atoms with Gasteiger partial charge in [0, 0.05) is 19.6 Å². The Kier molecular flexibility index (Phi) is 4.23. The highest BCUT2D eigenvalue weighted by Gasteiger charge is 2.24. The molecule has 92 valence electrons. The van der Waals surface area contributed by atoms with Crippen LogP contribution in [0.15, 0.2) is 29.2 Å². The topological polar surface area (TPSA) is 87.2 Å². The molecule has 17 heavy (non-hydrogen) atoms. The number of nitrogens with two attached hydrogens (primary N) is 1. The molecule has 1 aromatic rings. The van der Waals surface area contributed by atoms with E-state index in [1.165, 1.54) is 35.6 Å². The summed E-state index contributed by atoms with van der Waals surface area (Å²) in [7, 11) is -2.04. The molecule has 1 atom stereocenters. The molecular formula is C11H15N3O2S. The molecule has 0 saturated carbocycles. The van der Waals surface area contributed by atoms with Crippen molar-refractivity contribution in [3.05, 3.63) is 29.8 Å². The summed E-state index contributed by atoms with van der Waals surface area (Å²) < 4.78 is 25.5. The molecule has 0 spiro atoms. The Labute approximate surface area is 102 Å². The Morgan fingerprint density at radius 2 is 1.94 bits per heavy atom. The molecule has 0 aromatic heterocycles. The summed E-state index contributed by atoms with van der Waals surface area (Å²) in [4.78, 5) is 0.166. The Morgan fingerprint density at radius 1 is 1.41 bits per heavy atom. The molecular weight excluding hydrogens is 238 g/mol. The van der Waals surface area contributed by atoms with Gasteiger partial charge in [-0.3, -0.25) is 0 Å². The molecule has 0 saturated heterocycles. The summed E-state index contributed by atoms with van der Waals surface area (Å²) in [6.07, 6.45) is 0. The Morgan fingerprint density at radius 3 is 2.35 bits per heavy atom. The average molecular weight is 253 g/mol. The molecule has 0 aliphatic heterocycles. The van der Waals surface area contributed by atoms with E-state index >= 15 is 0 Å². The van der Waals surface area contributed by atoms with Gasteiger partial charge in [0.2, 0.25) is 10.0 Å². The lowest BCUT2D eigenvalue weighted by atomic mass is 10.2. The SMILES string of the molecule is CC(CN)N(C)S(=O)(=O)c1ccc(C#N)cc1. The van der Waals surface area contributed by atoms with Gasteiger partial charge in [-0.25, -0.2) is 8.42 Å². The maximum atomic E-state index is 12.1. The van der Waals surface area contributed by atoms with Gasteiger partial charge in [0.1, 0.15) is 0 Å². The van der Waals surface area contributed by atoms with Gasteiger partial charge in [0.15, 0.2) is 0 Å². The predicted molar refractivity (Wildman–Crippen MR) is 64.6 cm³/mol. The van der Waals surface area contributed by atoms with E-state index < -0.39 is 10.0 Å². The fraction of sp³-hybridized carbons (Fsp3) is 0.364. The molecule has 0 aliphatic rings. The van der Waals surface area contributed by atoms with Crippen LogP contribution >= 0.6 is 0 Å². The van der Waals surface area contributed by atoms with Gasteiger partial charge in [-0.2, -0.15) is 9.57 Å². The van der Waals surface area contributed by atoms with E-state index in [0.717, 1.165) is 0 Å². The van der Waals surface area contributed by atoms with Crippen molar-refractivity contribution in [1.29, 1.82) is 5.26 Å². The van der Waals surface area contributed by atoms with Crippen molar-refractivity contribution < 1.29 is 8.42 Å². The van der Waals surface area contributed by atoms with E-state index in [-0.39, 0.29) is 17.5 Å². The van der Waals surface area contributed by atoms with Crippen molar-refractivity contribution in [2.45, 2.75) is 17.9 Å². The zero-order chi connectivity index (χ0) is 13.1. The van der Waals surface area contributed by atoms with Crippen LogP contribution in [0.1, 0.15) is 12.5 Å². The minimum Gasteiger partial charge on any atom is -0.329 e. The first-order valence-electron chi connectivity index (χ1n) is 5.11. The van der Waals surface area contributed by atoms with Crippen LogP contribution in [0.4, 0.5) is 0 Å². The van der Waals surface area contributed by atoms with Crippen molar-refractivity contribution in [2.24, 2.45) is 5.73 Å². The van der Waals surface area contributed by atoms with Gasteiger partial charge in [-0.15, -0.1) is 0 Å². The van der Waals surface area contributed by atoms with Crippen molar-refractivity contribution in [3.8, 4) is 6.07 Å². The smallest absolute Gasteiger partial charge is 0.243 e. The molecule has 1 unspecified atom stereocenters. The Balaban J connectivity index is 3.09. The highest BCUT2D eigenvalue weighted by Crippen LogP contribution is 2.16. The summed E-state index contributed by atoms with van der Waals surface area (Å²) >= 11 is 0. The largest absolute Gasteiger partial charge is 0.329 e. The number of benzene rings is 1. The van der Waals surface area contributed by atoms with Crippen molar-refractivity contribution in [3.63, 3.8) is 0 Å². The number of rotatable bonds is 4. The van der Waals surface area contributed by atoms with Gasteiger partial charge in [-0.05, 0) is 31.2 Å². The normalized spacial score (nSPS) is 13.4. The van der Waals surface area contributed by atoms with E-state index in [2.05, 4.69) is 0 Å². The van der Waals surface area contributed by atoms with Crippen LogP contribution in [0.2, 0.25) is 0 Å². The first kappa shape index (κ1) is 13.6. The van der Waals surface area contributed by atoms with E-state index in [4.69, 9.17) is 11.0 Å². The summed E-state index contributed by atoms with van der Waals surface area (Å²) in [6.45, 7) is 1.99. The van der Waals surface area contributed by atoms with Crippen molar-refractivity contribution >= 4 is 10.0 Å². The van der Waals surface area contributed by atoms with E-state index in [0.29, 0.717) is 5.56 Å². The van der Waals surface area contributed by atoms with Gasteiger partial charge >= 0.3 is 0 Å². The molecule has 2 N–H and O–H groups in total. The fourth-order valence-electron chi connectivity index (χ4n) is 1.25. The van der Waals surface area contributed by atoms with E-state index in [9.17, 15) is 8.42 Å². The van der Waals surface area contributed by atoms with Crippen LogP contribution in [0.25, 0.3) is 0 Å². The lowest BCUT2D eigenvalue weighted by Gasteiger charge is -2.22. The molecule has 0 bridgehead atoms. The summed E-state index contributed by atoms with van der Waals surface area (Å²) in [5.74, 6) is 0. The molecule has 1 rings (SSSR count). The molecule has 0 radical (unpaired) electrons. The van der Waals surface area contributed by atoms with Gasteiger partial charge in [0.05, 0.1) is 16.5 Å². The van der Waals surface area contributed by atoms with Gasteiger partial charge in [-0.1, -0.05) is 0 Å². The van der Waals surface area contributed by atoms with Gasteiger partial charge < -0.3 is 5.73 Å². The third-order valence-corrected chi connectivity index (χ3v) is 4.61. The number of likely N-dealkylation sites (N-methyl/N-ethyl adjacent to an activating group) is 1. The fourth-order valence-corrected chi connectivity index (χ4v) is 2.63. The minimum absolute atomic E-state index is 0.166. The monoisotopic (exact) mass is 253 g/mol. The summed E-state index contributed by atoms with van der Waals surface area (Å²) in [5.41, 5.74) is 5.87. The summed E-state index contributed by atoms with van der Waals surface area (Å²) in [6, 6.07) is 7.48. The van der Waals surface area contributed by atoms with Crippen molar-refractivity contribution in [2.75, 3.05) is 13.6 Å². The third-order valence-electron chi connectivity index (χ3n) is 2.62. The number of nitriles is 1. The zero-order valence-corrected chi connectivity index (χ0v) is 10.6. The van der Waals surface area contributed by atoms with E-state index in [1.807, 2.05) is 6.07 Å². The standard InChI is InChI=1S/C11H15N3O2S/c1-9(7-12)14(2)17(15,16)11-5-3-10(8-13)4-6-11/h3-6,9H,7,12H2,1-2H3. The third kappa shape index (κ3) is 2.82. The average Bonchev–Trinajstić information content (AvgIpc) is 2.36. The van der Waals surface area contributed by atoms with Crippen LogP contribution in [0.5, 0.6) is 0 Å². The molecule has 0 aliphatic carbocycles. The highest BCUT2D eigenvalue weighted by molar-refractivity contribution is 7.89. The quantitative estimate of drug-likeness (QED) is 0.847. The predicted octanol–water partition coefficient (Wildman–Crippen LogP) is 0.526. The maximum Gasteiger partial charge on any atom is 0.243 e. The Hall–Kier alpha value is -1.42. The first-order valence-corrected chi connectivity index (χ1v) is 6.55. The highest BCUT2D eigenvalue weighted by atomic mass is 32.2. The zero-order valence-electron chi connectivity index (χ0n) is 9.79. The second-order valence-corrected chi connectivity index (χ2v) is 5.74. The summed E-state index contributed by atoms with van der Waals surface area (Å²) in [5, 5.41) is 8.64. The number of sulfonamides is 1. The maximum absolute atomic E-state index is 12.1. The first-order chi connectivity index (χ1) is 7.93. The number of nitrogens with zero attached hydrogens (tertiary/aromatic N) is 2. The molecule has 0 heterocycles. The number of hydrogen-bond acceptors (Lipinski definition) is 4. The minimum atomic E-state index is -3.53. The van der Waals surface area contributed by atoms with Crippen molar-refractivity contribution in [1.82, 2.24) is 4.31 Å². The molecule has 1 aromatic carbocycles. The van der Waals surface area contributed by atoms with Crippen LogP contribution in [-0.4, -0.2) is 32.4 Å². The molecule has 5 nitrogen and oxygen atoms in total. The molecule has 0 fully saturated rings. The Bertz CT molecular complexity index is 517. The van der Waals surface area contributed by atoms with E-state index in [1.54, 1.807) is 6.92 Å².